The third kappa shape index (κ3) is 4.15. The van der Waals surface area contributed by atoms with E-state index in [-0.39, 0.29) is 0 Å². The van der Waals surface area contributed by atoms with E-state index in [4.69, 9.17) is 16.6 Å². The molecule has 0 saturated heterocycles. The molecule has 0 unspecified atom stereocenters. The van der Waals surface area contributed by atoms with E-state index in [1.165, 1.54) is 5.56 Å². The minimum atomic E-state index is 0.573. The SMILES string of the molecule is Cc1ccc2oc(-c3cccc(NC(=S)NCc4ccccc4)c3)nc2c1. The molecule has 134 valence electrons. The van der Waals surface area contributed by atoms with Crippen LogP contribution in [0.3, 0.4) is 0 Å². The Balaban J connectivity index is 1.47. The fraction of sp³-hybridized carbons (Fsp3) is 0.0909. The van der Waals surface area contributed by atoms with E-state index >= 15 is 0 Å². The summed E-state index contributed by atoms with van der Waals surface area (Å²) in [5.41, 5.74) is 5.78. The van der Waals surface area contributed by atoms with Crippen molar-refractivity contribution in [2.45, 2.75) is 13.5 Å². The first-order valence-corrected chi connectivity index (χ1v) is 9.15. The lowest BCUT2D eigenvalue weighted by molar-refractivity contribution is 0.620. The van der Waals surface area contributed by atoms with E-state index in [1.807, 2.05) is 67.6 Å². The van der Waals surface area contributed by atoms with Crippen molar-refractivity contribution < 1.29 is 4.42 Å². The number of anilines is 1. The first-order chi connectivity index (χ1) is 13.2. The van der Waals surface area contributed by atoms with E-state index in [1.54, 1.807) is 0 Å². The summed E-state index contributed by atoms with van der Waals surface area (Å²) in [6, 6.07) is 24.0. The number of aryl methyl sites for hydroxylation is 1. The summed E-state index contributed by atoms with van der Waals surface area (Å²) in [5, 5.41) is 7.01. The number of fused-ring (bicyclic) bond motifs is 1. The molecule has 0 fully saturated rings. The molecule has 1 heterocycles. The summed E-state index contributed by atoms with van der Waals surface area (Å²) in [5.74, 6) is 0.599. The number of benzene rings is 3. The van der Waals surface area contributed by atoms with Crippen molar-refractivity contribution in [2.75, 3.05) is 5.32 Å². The van der Waals surface area contributed by atoms with Gasteiger partial charge < -0.3 is 15.1 Å². The fourth-order valence-corrected chi connectivity index (χ4v) is 3.03. The van der Waals surface area contributed by atoms with Gasteiger partial charge in [0.2, 0.25) is 5.89 Å². The molecule has 3 aromatic carbocycles. The molecule has 4 rings (SSSR count). The van der Waals surface area contributed by atoms with Gasteiger partial charge in [0.05, 0.1) is 0 Å². The van der Waals surface area contributed by atoms with Crippen molar-refractivity contribution in [1.82, 2.24) is 10.3 Å². The van der Waals surface area contributed by atoms with Gasteiger partial charge in [-0.15, -0.1) is 0 Å². The molecule has 4 aromatic rings. The molecule has 5 heteroatoms. The average Bonchev–Trinajstić information content (AvgIpc) is 3.11. The van der Waals surface area contributed by atoms with Crippen molar-refractivity contribution in [3.05, 3.63) is 83.9 Å². The molecule has 2 N–H and O–H groups in total. The van der Waals surface area contributed by atoms with Crippen LogP contribution in [0, 0.1) is 6.92 Å². The molecule has 27 heavy (non-hydrogen) atoms. The molecule has 0 saturated carbocycles. The van der Waals surface area contributed by atoms with Crippen LogP contribution in [0.2, 0.25) is 0 Å². The second-order valence-electron chi connectivity index (χ2n) is 6.36. The van der Waals surface area contributed by atoms with Gasteiger partial charge in [0.25, 0.3) is 0 Å². The summed E-state index contributed by atoms with van der Waals surface area (Å²) >= 11 is 5.40. The van der Waals surface area contributed by atoms with Gasteiger partial charge in [0, 0.05) is 17.8 Å². The number of oxazole rings is 1. The van der Waals surface area contributed by atoms with Crippen molar-refractivity contribution in [2.24, 2.45) is 0 Å². The second-order valence-corrected chi connectivity index (χ2v) is 6.77. The van der Waals surface area contributed by atoms with E-state index in [2.05, 4.69) is 27.8 Å². The maximum absolute atomic E-state index is 5.89. The molecule has 0 bridgehead atoms. The minimum absolute atomic E-state index is 0.573. The smallest absolute Gasteiger partial charge is 0.227 e. The standard InChI is InChI=1S/C22H19N3OS/c1-15-10-11-20-19(12-15)25-21(26-20)17-8-5-9-18(13-17)24-22(27)23-14-16-6-3-2-4-7-16/h2-13H,14H2,1H3,(H2,23,24,27). The summed E-state index contributed by atoms with van der Waals surface area (Å²) in [6.07, 6.45) is 0. The number of aromatic nitrogens is 1. The molecule has 0 aliphatic carbocycles. The van der Waals surface area contributed by atoms with Crippen molar-refractivity contribution in [3.8, 4) is 11.5 Å². The van der Waals surface area contributed by atoms with Gasteiger partial charge in [0.1, 0.15) is 5.52 Å². The maximum atomic E-state index is 5.89. The Hall–Kier alpha value is -3.18. The highest BCUT2D eigenvalue weighted by Crippen LogP contribution is 2.26. The summed E-state index contributed by atoms with van der Waals surface area (Å²) in [6.45, 7) is 2.72. The molecule has 0 atom stereocenters. The lowest BCUT2D eigenvalue weighted by Crippen LogP contribution is -2.27. The van der Waals surface area contributed by atoms with Crippen LogP contribution in [0.4, 0.5) is 5.69 Å². The molecule has 0 radical (unpaired) electrons. The molecular formula is C22H19N3OS. The Kier molecular flexibility index (Phi) is 4.85. The van der Waals surface area contributed by atoms with Crippen LogP contribution in [0.1, 0.15) is 11.1 Å². The van der Waals surface area contributed by atoms with Gasteiger partial charge in [-0.25, -0.2) is 4.98 Å². The van der Waals surface area contributed by atoms with Crippen LogP contribution in [-0.2, 0) is 6.54 Å². The second kappa shape index (κ2) is 7.60. The minimum Gasteiger partial charge on any atom is -0.436 e. The lowest BCUT2D eigenvalue weighted by Gasteiger charge is -2.11. The molecule has 1 aromatic heterocycles. The van der Waals surface area contributed by atoms with Gasteiger partial charge in [-0.2, -0.15) is 0 Å². The largest absolute Gasteiger partial charge is 0.436 e. The zero-order valence-corrected chi connectivity index (χ0v) is 15.7. The first kappa shape index (κ1) is 17.2. The van der Waals surface area contributed by atoms with Gasteiger partial charge in [-0.1, -0.05) is 42.5 Å². The highest BCUT2D eigenvalue weighted by Gasteiger charge is 2.09. The summed E-state index contributed by atoms with van der Waals surface area (Å²) < 4.78 is 5.89. The Bertz CT molecular complexity index is 1090. The molecule has 0 spiro atoms. The van der Waals surface area contributed by atoms with Gasteiger partial charge in [-0.05, 0) is 60.6 Å². The Labute approximate surface area is 163 Å². The number of hydrogen-bond acceptors (Lipinski definition) is 3. The predicted molar refractivity (Wildman–Crippen MR) is 114 cm³/mol. The zero-order valence-electron chi connectivity index (χ0n) is 14.9. The third-order valence-corrected chi connectivity index (χ3v) is 4.45. The van der Waals surface area contributed by atoms with Crippen LogP contribution < -0.4 is 10.6 Å². The van der Waals surface area contributed by atoms with Gasteiger partial charge in [-0.3, -0.25) is 0 Å². The van der Waals surface area contributed by atoms with Crippen LogP contribution in [0.5, 0.6) is 0 Å². The van der Waals surface area contributed by atoms with Gasteiger partial charge in [0.15, 0.2) is 10.7 Å². The number of thiocarbonyl (C=S) groups is 1. The van der Waals surface area contributed by atoms with E-state index in [0.717, 1.165) is 27.9 Å². The topological polar surface area (TPSA) is 50.1 Å². The van der Waals surface area contributed by atoms with Crippen LogP contribution >= 0.6 is 12.2 Å². The Morgan fingerprint density at radius 3 is 2.70 bits per heavy atom. The average molecular weight is 373 g/mol. The summed E-state index contributed by atoms with van der Waals surface area (Å²) in [4.78, 5) is 4.60. The Morgan fingerprint density at radius 1 is 1.00 bits per heavy atom. The molecule has 4 nitrogen and oxygen atoms in total. The fourth-order valence-electron chi connectivity index (χ4n) is 2.84. The van der Waals surface area contributed by atoms with E-state index in [9.17, 15) is 0 Å². The zero-order chi connectivity index (χ0) is 18.6. The van der Waals surface area contributed by atoms with Crippen molar-refractivity contribution >= 4 is 34.1 Å². The van der Waals surface area contributed by atoms with E-state index in [0.29, 0.717) is 17.5 Å². The predicted octanol–water partition coefficient (Wildman–Crippen LogP) is 5.29. The van der Waals surface area contributed by atoms with Crippen LogP contribution in [-0.4, -0.2) is 10.1 Å². The highest BCUT2D eigenvalue weighted by atomic mass is 32.1. The quantitative estimate of drug-likeness (QED) is 0.476. The molecule has 0 aliphatic heterocycles. The van der Waals surface area contributed by atoms with Crippen LogP contribution in [0.25, 0.3) is 22.6 Å². The Morgan fingerprint density at radius 2 is 1.85 bits per heavy atom. The monoisotopic (exact) mass is 373 g/mol. The van der Waals surface area contributed by atoms with E-state index < -0.39 is 0 Å². The van der Waals surface area contributed by atoms with Crippen LogP contribution in [0.15, 0.2) is 77.2 Å². The molecule has 0 amide bonds. The maximum Gasteiger partial charge on any atom is 0.227 e. The van der Waals surface area contributed by atoms with Gasteiger partial charge >= 0.3 is 0 Å². The molecule has 0 aliphatic rings. The first-order valence-electron chi connectivity index (χ1n) is 8.74. The molecular weight excluding hydrogens is 354 g/mol. The normalized spacial score (nSPS) is 10.7. The number of nitrogens with one attached hydrogen (secondary N) is 2. The summed E-state index contributed by atoms with van der Waals surface area (Å²) in [7, 11) is 0. The number of hydrogen-bond donors (Lipinski definition) is 2. The lowest BCUT2D eigenvalue weighted by atomic mass is 10.2. The van der Waals surface area contributed by atoms with Crippen molar-refractivity contribution in [3.63, 3.8) is 0 Å². The number of nitrogens with zero attached hydrogens (tertiary/aromatic N) is 1. The highest BCUT2D eigenvalue weighted by molar-refractivity contribution is 7.80. The van der Waals surface area contributed by atoms with Crippen molar-refractivity contribution in [1.29, 1.82) is 0 Å². The number of rotatable bonds is 4. The third-order valence-electron chi connectivity index (χ3n) is 4.21.